The van der Waals surface area contributed by atoms with Gasteiger partial charge in [-0.15, -0.1) is 5.10 Å². The molecule has 2 aliphatic rings. The molecule has 190 valence electrons. The van der Waals surface area contributed by atoms with Gasteiger partial charge in [0.25, 0.3) is 5.75 Å². The number of nitriles is 1. The van der Waals surface area contributed by atoms with Crippen molar-refractivity contribution in [2.75, 3.05) is 32.9 Å². The van der Waals surface area contributed by atoms with Gasteiger partial charge in [-0.1, -0.05) is 13.8 Å². The van der Waals surface area contributed by atoms with Crippen LogP contribution < -0.4 is 19.9 Å². The minimum atomic E-state index is -0.822. The van der Waals surface area contributed by atoms with Gasteiger partial charge in [0.05, 0.1) is 36.2 Å². The zero-order valence-electron chi connectivity index (χ0n) is 20.1. The predicted octanol–water partition coefficient (Wildman–Crippen LogP) is 2.89. The van der Waals surface area contributed by atoms with Crippen LogP contribution in [-0.2, 0) is 4.74 Å². The van der Waals surface area contributed by atoms with Crippen molar-refractivity contribution in [2.45, 2.75) is 32.6 Å². The van der Waals surface area contributed by atoms with E-state index >= 15 is 0 Å². The van der Waals surface area contributed by atoms with E-state index in [9.17, 15) is 20.2 Å². The van der Waals surface area contributed by atoms with Gasteiger partial charge in [-0.05, 0) is 24.5 Å². The Balaban J connectivity index is 1.87. The van der Waals surface area contributed by atoms with Gasteiger partial charge in [-0.2, -0.15) is 5.26 Å². The minimum Gasteiger partial charge on any atom is -0.490 e. The van der Waals surface area contributed by atoms with E-state index in [-0.39, 0.29) is 41.4 Å². The van der Waals surface area contributed by atoms with Crippen molar-refractivity contribution in [1.29, 1.82) is 5.26 Å². The first-order valence-electron chi connectivity index (χ1n) is 11.4. The first kappa shape index (κ1) is 24.8. The number of nitrogens with one attached hydrogen (secondary N) is 1. The number of nitro benzene ring substituents is 1. The van der Waals surface area contributed by atoms with E-state index < -0.39 is 22.6 Å². The number of ether oxygens (including phenoxy) is 4. The second-order valence-electron chi connectivity index (χ2n) is 8.46. The lowest BCUT2D eigenvalue weighted by Crippen LogP contribution is -2.42. The van der Waals surface area contributed by atoms with Gasteiger partial charge < -0.3 is 29.6 Å². The summed E-state index contributed by atoms with van der Waals surface area (Å²) in [5, 5.41) is 29.1. The third-order valence-corrected chi connectivity index (χ3v) is 5.89. The molecule has 2 aromatic rings. The summed E-state index contributed by atoms with van der Waals surface area (Å²) >= 11 is 0. The molecule has 1 amide bonds. The third kappa shape index (κ3) is 4.50. The molecule has 13 heteroatoms. The van der Waals surface area contributed by atoms with E-state index in [1.807, 2.05) is 13.8 Å². The van der Waals surface area contributed by atoms with Crippen molar-refractivity contribution in [3.05, 3.63) is 50.5 Å². The molecule has 1 atom stereocenters. The Morgan fingerprint density at radius 3 is 2.75 bits per heavy atom. The summed E-state index contributed by atoms with van der Waals surface area (Å²) in [5.74, 6) is -1.15. The number of aromatic amines is 1. The lowest BCUT2D eigenvalue weighted by Gasteiger charge is -2.27. The second-order valence-corrected chi connectivity index (χ2v) is 8.46. The van der Waals surface area contributed by atoms with Crippen LogP contribution >= 0.6 is 0 Å². The van der Waals surface area contributed by atoms with Crippen LogP contribution in [0, 0.1) is 21.4 Å². The Hall–Kier alpha value is -4.31. The van der Waals surface area contributed by atoms with Crippen LogP contribution in [0.15, 0.2) is 23.6 Å². The van der Waals surface area contributed by atoms with E-state index in [0.717, 1.165) is 0 Å². The molecule has 3 heterocycles. The predicted molar refractivity (Wildman–Crippen MR) is 125 cm³/mol. The molecule has 0 spiro atoms. The maximum Gasteiger partial charge on any atom is 0.415 e. The average molecular weight is 498 g/mol. The molecular weight excluding hydrogens is 472 g/mol. The molecule has 0 unspecified atom stereocenters. The average Bonchev–Trinajstić information content (AvgIpc) is 3.28. The molecule has 0 aliphatic carbocycles. The van der Waals surface area contributed by atoms with Crippen molar-refractivity contribution in [3.8, 4) is 23.4 Å². The third-order valence-electron chi connectivity index (χ3n) is 5.89. The summed E-state index contributed by atoms with van der Waals surface area (Å²) in [6, 6.07) is 4.83. The SMILES string of the molecule is CCOc1cc([C@@H]2C(C#N)=C(N)Oc3n[nH]c(C(C)C)c32)cc([N+](=O)[O-])c1OC(=O)N1CCOCC1. The lowest BCUT2D eigenvalue weighted by molar-refractivity contribution is -0.385. The number of benzene rings is 1. The van der Waals surface area contributed by atoms with Gasteiger partial charge in [0.2, 0.25) is 11.8 Å². The number of H-pyrrole nitrogens is 1. The molecule has 1 fully saturated rings. The number of aromatic nitrogens is 2. The Bertz CT molecular complexity index is 1260. The first-order valence-corrected chi connectivity index (χ1v) is 11.4. The summed E-state index contributed by atoms with van der Waals surface area (Å²) in [6.07, 6.45) is -0.748. The summed E-state index contributed by atoms with van der Waals surface area (Å²) in [5.41, 5.74) is 7.18. The van der Waals surface area contributed by atoms with E-state index in [1.165, 1.54) is 17.0 Å². The largest absolute Gasteiger partial charge is 0.490 e. The number of nitrogens with two attached hydrogens (primary N) is 1. The zero-order valence-corrected chi connectivity index (χ0v) is 20.1. The van der Waals surface area contributed by atoms with Crippen LogP contribution in [0.4, 0.5) is 10.5 Å². The summed E-state index contributed by atoms with van der Waals surface area (Å²) < 4.78 is 22.0. The normalized spacial score (nSPS) is 17.3. The molecular formula is C23H26N6O7. The number of nitrogens with zero attached hydrogens (tertiary/aromatic N) is 4. The fraction of sp³-hybridized carbons (Fsp3) is 0.435. The molecule has 0 saturated carbocycles. The van der Waals surface area contributed by atoms with Crippen LogP contribution in [0.5, 0.6) is 17.4 Å². The molecule has 3 N–H and O–H groups in total. The zero-order chi connectivity index (χ0) is 26.0. The monoisotopic (exact) mass is 498 g/mol. The number of fused-ring (bicyclic) bond motifs is 1. The maximum atomic E-state index is 12.7. The van der Waals surface area contributed by atoms with Gasteiger partial charge in [0.15, 0.2) is 5.75 Å². The van der Waals surface area contributed by atoms with Crippen LogP contribution in [0.1, 0.15) is 49.4 Å². The van der Waals surface area contributed by atoms with E-state index in [0.29, 0.717) is 43.1 Å². The lowest BCUT2D eigenvalue weighted by atomic mass is 9.82. The number of carbonyl (C=O) groups is 1. The Morgan fingerprint density at radius 2 is 2.14 bits per heavy atom. The molecule has 2 aliphatic heterocycles. The second kappa shape index (κ2) is 10.1. The number of hydrogen-bond acceptors (Lipinski definition) is 10. The molecule has 36 heavy (non-hydrogen) atoms. The fourth-order valence-corrected chi connectivity index (χ4v) is 4.22. The number of nitro groups is 1. The first-order chi connectivity index (χ1) is 17.3. The number of carbonyl (C=O) groups excluding carboxylic acids is 1. The molecule has 0 radical (unpaired) electrons. The molecule has 0 bridgehead atoms. The maximum absolute atomic E-state index is 12.7. The van der Waals surface area contributed by atoms with Crippen molar-refractivity contribution in [2.24, 2.45) is 5.73 Å². The van der Waals surface area contributed by atoms with Gasteiger partial charge in [0, 0.05) is 24.8 Å². The Kier molecular flexibility index (Phi) is 6.98. The van der Waals surface area contributed by atoms with Gasteiger partial charge in [-0.25, -0.2) is 4.79 Å². The van der Waals surface area contributed by atoms with Crippen molar-refractivity contribution in [1.82, 2.24) is 15.1 Å². The van der Waals surface area contributed by atoms with Crippen molar-refractivity contribution in [3.63, 3.8) is 0 Å². The minimum absolute atomic E-state index is 0.0122. The van der Waals surface area contributed by atoms with Crippen LogP contribution in [0.2, 0.25) is 0 Å². The van der Waals surface area contributed by atoms with Crippen molar-refractivity contribution < 1.29 is 28.7 Å². The summed E-state index contributed by atoms with van der Waals surface area (Å²) in [4.78, 5) is 25.6. The molecule has 13 nitrogen and oxygen atoms in total. The number of morpholine rings is 1. The van der Waals surface area contributed by atoms with Crippen LogP contribution in [-0.4, -0.2) is 59.0 Å². The highest BCUT2D eigenvalue weighted by Gasteiger charge is 2.38. The number of rotatable bonds is 6. The molecule has 4 rings (SSSR count). The quantitative estimate of drug-likeness (QED) is 0.444. The molecule has 1 aromatic heterocycles. The highest BCUT2D eigenvalue weighted by molar-refractivity contribution is 5.75. The van der Waals surface area contributed by atoms with Gasteiger partial charge >= 0.3 is 11.8 Å². The van der Waals surface area contributed by atoms with E-state index in [1.54, 1.807) is 6.92 Å². The van der Waals surface area contributed by atoms with Crippen molar-refractivity contribution >= 4 is 11.8 Å². The van der Waals surface area contributed by atoms with Crippen LogP contribution in [0.25, 0.3) is 0 Å². The Labute approximate surface area is 206 Å². The topological polar surface area (TPSA) is 179 Å². The smallest absolute Gasteiger partial charge is 0.415 e. The Morgan fingerprint density at radius 1 is 1.42 bits per heavy atom. The van der Waals surface area contributed by atoms with Gasteiger partial charge in [0.1, 0.15) is 11.6 Å². The number of allylic oxidation sites excluding steroid dienone is 1. The highest BCUT2D eigenvalue weighted by Crippen LogP contribution is 2.48. The summed E-state index contributed by atoms with van der Waals surface area (Å²) in [6.45, 7) is 6.99. The fourth-order valence-electron chi connectivity index (χ4n) is 4.22. The van der Waals surface area contributed by atoms with Crippen LogP contribution in [0.3, 0.4) is 0 Å². The van der Waals surface area contributed by atoms with E-state index in [2.05, 4.69) is 16.3 Å². The standard InChI is InChI=1S/C23H26N6O7/c1-4-34-16-10-13(9-15(29(31)32)20(16)35-23(30)28-5-7-33-8-6-28)17-14(11-24)21(25)36-22-18(17)19(12(2)3)26-27-22/h9-10,12,17H,4-8,25H2,1-3H3,(H,26,27)/t17-/m1/s1. The van der Waals surface area contributed by atoms with E-state index in [4.69, 9.17) is 24.7 Å². The van der Waals surface area contributed by atoms with Gasteiger partial charge in [-0.3, -0.25) is 15.2 Å². The molecule has 1 aromatic carbocycles. The summed E-state index contributed by atoms with van der Waals surface area (Å²) in [7, 11) is 0. The number of hydrogen-bond donors (Lipinski definition) is 2. The molecule has 1 saturated heterocycles. The highest BCUT2D eigenvalue weighted by atomic mass is 16.6. The number of amides is 1.